The van der Waals surface area contributed by atoms with Crippen molar-refractivity contribution in [2.45, 2.75) is 13.2 Å². The fraction of sp³-hybridized carbons (Fsp3) is 0.375. The van der Waals surface area contributed by atoms with Gasteiger partial charge in [0.1, 0.15) is 23.7 Å². The summed E-state index contributed by atoms with van der Waals surface area (Å²) in [4.78, 5) is 0.454. The molecule has 0 amide bonds. The minimum Gasteiger partial charge on any atom is -0.372 e. The van der Waals surface area contributed by atoms with Gasteiger partial charge in [0.05, 0.1) is 11.9 Å². The molecule has 0 saturated carbocycles. The van der Waals surface area contributed by atoms with E-state index in [4.69, 9.17) is 12.2 Å². The van der Waals surface area contributed by atoms with Crippen LogP contribution in [-0.4, -0.2) is 33.0 Å². The summed E-state index contributed by atoms with van der Waals surface area (Å²) < 4.78 is 12.4. The van der Waals surface area contributed by atoms with Gasteiger partial charge in [0.2, 0.25) is 0 Å². The first-order chi connectivity index (χ1) is 7.11. The number of rotatable bonds is 2. The molecule has 0 aromatic heterocycles. The first-order valence-electron chi connectivity index (χ1n) is 4.44. The molecule has 0 aromatic carbocycles. The van der Waals surface area contributed by atoms with Crippen LogP contribution in [0, 0.1) is 0 Å². The molecule has 2 aliphatic rings. The molecule has 0 radical (unpaired) electrons. The highest BCUT2D eigenvalue weighted by atomic mass is 32.1. The van der Waals surface area contributed by atoms with Crippen LogP contribution in [0.1, 0.15) is 6.92 Å². The fourth-order valence-electron chi connectivity index (χ4n) is 1.32. The van der Waals surface area contributed by atoms with Gasteiger partial charge in [0.25, 0.3) is 0 Å². The molecular formula is C8H11FN4OS. The molecule has 15 heavy (non-hydrogen) atoms. The summed E-state index contributed by atoms with van der Waals surface area (Å²) in [5, 5.41) is 15.2. The van der Waals surface area contributed by atoms with Crippen LogP contribution in [0.4, 0.5) is 4.39 Å². The number of thiocarbonyl (C=S) groups is 1. The van der Waals surface area contributed by atoms with E-state index in [0.29, 0.717) is 16.5 Å². The fourth-order valence-corrected chi connectivity index (χ4v) is 1.60. The van der Waals surface area contributed by atoms with E-state index in [0.717, 1.165) is 0 Å². The van der Waals surface area contributed by atoms with Gasteiger partial charge < -0.3 is 10.4 Å². The Morgan fingerprint density at radius 3 is 3.00 bits per heavy atom. The Bertz CT molecular complexity index is 355. The Balaban J connectivity index is 2.20. The van der Waals surface area contributed by atoms with E-state index in [9.17, 15) is 9.50 Å². The standard InChI is InChI=1S/C8H11FN4OS/c1-5(14)12-4-7-10-6(3-9)2-8(15)13(7)11-12/h2,4-5,10-11,14H,3H2,1H3/t5-/m0/s1. The number of halogens is 1. The van der Waals surface area contributed by atoms with Gasteiger partial charge in [0.15, 0.2) is 0 Å². The second kappa shape index (κ2) is 3.76. The van der Waals surface area contributed by atoms with E-state index in [1.807, 2.05) is 0 Å². The first kappa shape index (κ1) is 10.3. The second-order valence-corrected chi connectivity index (χ2v) is 3.67. The molecule has 0 fully saturated rings. The van der Waals surface area contributed by atoms with Gasteiger partial charge in [-0.3, -0.25) is 5.01 Å². The third-order valence-electron chi connectivity index (χ3n) is 2.07. The summed E-state index contributed by atoms with van der Waals surface area (Å²) in [6.45, 7) is 1.01. The number of aliphatic hydroxyl groups excluding tert-OH is 1. The number of hydrogen-bond donors (Lipinski definition) is 3. The molecule has 0 spiro atoms. The summed E-state index contributed by atoms with van der Waals surface area (Å²) in [5.74, 6) is 0.607. The first-order valence-corrected chi connectivity index (χ1v) is 4.85. The lowest BCUT2D eigenvalue weighted by molar-refractivity contribution is 0.000346. The molecule has 3 N–H and O–H groups in total. The van der Waals surface area contributed by atoms with Crippen molar-refractivity contribution in [2.24, 2.45) is 0 Å². The number of alkyl halides is 1. The SMILES string of the molecule is C[C@H](O)N1C=C2NC(CF)=CC(=S)N2N1. The van der Waals surface area contributed by atoms with Crippen molar-refractivity contribution in [1.29, 1.82) is 0 Å². The predicted octanol–water partition coefficient (Wildman–Crippen LogP) is -0.0552. The molecule has 0 unspecified atom stereocenters. The smallest absolute Gasteiger partial charge is 0.145 e. The lowest BCUT2D eigenvalue weighted by Crippen LogP contribution is -2.49. The summed E-state index contributed by atoms with van der Waals surface area (Å²) in [6, 6.07) is 0. The summed E-state index contributed by atoms with van der Waals surface area (Å²) >= 11 is 5.06. The van der Waals surface area contributed by atoms with Crippen LogP contribution in [0.5, 0.6) is 0 Å². The van der Waals surface area contributed by atoms with Gasteiger partial charge in [-0.25, -0.2) is 9.40 Å². The molecule has 5 nitrogen and oxygen atoms in total. The van der Waals surface area contributed by atoms with Gasteiger partial charge in [0, 0.05) is 0 Å². The number of aliphatic hydroxyl groups is 1. The number of hydrogen-bond acceptors (Lipinski definition) is 5. The number of fused-ring (bicyclic) bond motifs is 1. The molecule has 2 heterocycles. The Morgan fingerprint density at radius 1 is 1.67 bits per heavy atom. The molecular weight excluding hydrogens is 219 g/mol. The zero-order chi connectivity index (χ0) is 11.0. The molecule has 1 atom stereocenters. The minimum atomic E-state index is -0.693. The highest BCUT2D eigenvalue weighted by Crippen LogP contribution is 2.17. The maximum atomic E-state index is 12.4. The van der Waals surface area contributed by atoms with E-state index >= 15 is 0 Å². The van der Waals surface area contributed by atoms with Crippen LogP contribution in [-0.2, 0) is 0 Å². The monoisotopic (exact) mass is 230 g/mol. The van der Waals surface area contributed by atoms with Gasteiger partial charge in [-0.05, 0) is 13.0 Å². The maximum absolute atomic E-state index is 12.4. The average molecular weight is 230 g/mol. The minimum absolute atomic E-state index is 0.414. The second-order valence-electron chi connectivity index (χ2n) is 3.26. The zero-order valence-corrected chi connectivity index (χ0v) is 8.88. The van der Waals surface area contributed by atoms with Crippen LogP contribution in [0.15, 0.2) is 23.8 Å². The predicted molar refractivity (Wildman–Crippen MR) is 56.4 cm³/mol. The van der Waals surface area contributed by atoms with Crippen LogP contribution in [0.3, 0.4) is 0 Å². The Labute approximate surface area is 91.8 Å². The highest BCUT2D eigenvalue weighted by Gasteiger charge is 2.28. The summed E-state index contributed by atoms with van der Waals surface area (Å²) in [6.07, 6.45) is 2.46. The van der Waals surface area contributed by atoms with Crippen LogP contribution in [0.25, 0.3) is 0 Å². The number of allylic oxidation sites excluding steroid dienone is 1. The third kappa shape index (κ3) is 1.81. The van der Waals surface area contributed by atoms with Crippen molar-refractivity contribution >= 4 is 17.2 Å². The van der Waals surface area contributed by atoms with Gasteiger partial charge in [-0.1, -0.05) is 12.2 Å². The van der Waals surface area contributed by atoms with E-state index < -0.39 is 12.9 Å². The van der Waals surface area contributed by atoms with Crippen LogP contribution >= 0.6 is 12.2 Å². The Hall–Kier alpha value is -1.18. The molecule has 0 aromatic rings. The molecule has 0 bridgehead atoms. The van der Waals surface area contributed by atoms with Crippen molar-refractivity contribution in [2.75, 3.05) is 6.67 Å². The Morgan fingerprint density at radius 2 is 2.40 bits per heavy atom. The van der Waals surface area contributed by atoms with Crippen LogP contribution < -0.4 is 10.9 Å². The van der Waals surface area contributed by atoms with Gasteiger partial charge >= 0.3 is 0 Å². The normalized spacial score (nSPS) is 21.9. The maximum Gasteiger partial charge on any atom is 0.145 e. The lowest BCUT2D eigenvalue weighted by Gasteiger charge is -2.28. The molecule has 7 heteroatoms. The van der Waals surface area contributed by atoms with E-state index in [1.165, 1.54) is 11.1 Å². The van der Waals surface area contributed by atoms with Crippen molar-refractivity contribution < 1.29 is 9.50 Å². The van der Waals surface area contributed by atoms with Gasteiger partial charge in [-0.2, -0.15) is 0 Å². The molecule has 2 rings (SSSR count). The molecule has 2 aliphatic heterocycles. The lowest BCUT2D eigenvalue weighted by atomic mass is 10.3. The van der Waals surface area contributed by atoms with E-state index in [2.05, 4.69) is 10.9 Å². The van der Waals surface area contributed by atoms with E-state index in [1.54, 1.807) is 18.1 Å². The number of hydrazine groups is 2. The molecule has 82 valence electrons. The quantitative estimate of drug-likeness (QED) is 0.578. The summed E-state index contributed by atoms with van der Waals surface area (Å²) in [7, 11) is 0. The zero-order valence-electron chi connectivity index (χ0n) is 8.07. The van der Waals surface area contributed by atoms with Gasteiger partial charge in [-0.15, -0.1) is 5.53 Å². The Kier molecular flexibility index (Phi) is 2.59. The summed E-state index contributed by atoms with van der Waals surface area (Å²) in [5.41, 5.74) is 3.25. The number of nitrogens with one attached hydrogen (secondary N) is 2. The van der Waals surface area contributed by atoms with Crippen LogP contribution in [0.2, 0.25) is 0 Å². The largest absolute Gasteiger partial charge is 0.372 e. The number of nitrogens with zero attached hydrogens (tertiary/aromatic N) is 2. The average Bonchev–Trinajstić information content (AvgIpc) is 2.61. The molecule has 0 aliphatic carbocycles. The van der Waals surface area contributed by atoms with E-state index in [-0.39, 0.29) is 0 Å². The topological polar surface area (TPSA) is 50.8 Å². The van der Waals surface area contributed by atoms with Crippen molar-refractivity contribution in [3.63, 3.8) is 0 Å². The third-order valence-corrected chi connectivity index (χ3v) is 2.37. The van der Waals surface area contributed by atoms with Crippen molar-refractivity contribution in [3.8, 4) is 0 Å². The molecule has 0 saturated heterocycles. The van der Waals surface area contributed by atoms with Crippen molar-refractivity contribution in [1.82, 2.24) is 20.9 Å². The highest BCUT2D eigenvalue weighted by molar-refractivity contribution is 7.80. The van der Waals surface area contributed by atoms with Crippen molar-refractivity contribution in [3.05, 3.63) is 23.8 Å².